The molecule has 0 aromatic rings. The molecule has 18 heavy (non-hydrogen) atoms. The van der Waals surface area contributed by atoms with E-state index in [4.69, 9.17) is 0 Å². The Hall–Kier alpha value is 2.88. The summed E-state index contributed by atoms with van der Waals surface area (Å²) in [5.74, 6) is 0. The molecule has 0 amide bonds. The smallest absolute Gasteiger partial charge is 0.0418 e. The minimum Gasteiger partial charge on any atom is -0.0878 e. The van der Waals surface area contributed by atoms with Crippen LogP contribution in [0.5, 0.6) is 0 Å². The summed E-state index contributed by atoms with van der Waals surface area (Å²) in [6.07, 6.45) is 7.80. The first-order valence-corrected chi connectivity index (χ1v) is 11.8. The molecule has 0 heterocycles. The quantitative estimate of drug-likeness (QED) is 0.252. The standard InChI is InChI=1S/C12H18Br6/c13-7-5-3-1-2-4-6-8(14)10(16)12(18)11(17)9(7)15/h7-12H,1-6H2/t7-,8-,9-,10-,11-,12+/m0/s1. The van der Waals surface area contributed by atoms with Gasteiger partial charge in [0.05, 0.1) is 0 Å². The number of hydrogen-bond donors (Lipinski definition) is 0. The maximum absolute atomic E-state index is 3.84. The number of alkyl halides is 6. The SMILES string of the molecule is Br[C@@H]1[C@H](Br)[C@@H](Br)[C@@H](Br)CCCCCC[C@H](Br)[C@@H]1Br. The third-order valence-electron chi connectivity index (χ3n) is 3.31. The van der Waals surface area contributed by atoms with Gasteiger partial charge in [0, 0.05) is 29.0 Å². The molecule has 0 radical (unpaired) electrons. The van der Waals surface area contributed by atoms with Gasteiger partial charge in [-0.05, 0) is 12.8 Å². The highest BCUT2D eigenvalue weighted by molar-refractivity contribution is 9.15. The summed E-state index contributed by atoms with van der Waals surface area (Å²) in [7, 11) is 0. The number of rotatable bonds is 0. The lowest BCUT2D eigenvalue weighted by Gasteiger charge is -2.31. The predicted octanol–water partition coefficient (Wildman–Crippen LogP) is 6.92. The molecule has 1 saturated carbocycles. The first-order valence-electron chi connectivity index (χ1n) is 6.29. The molecular weight excluding hydrogens is 624 g/mol. The van der Waals surface area contributed by atoms with Crippen LogP contribution in [0.25, 0.3) is 0 Å². The maximum Gasteiger partial charge on any atom is 0.0418 e. The first kappa shape index (κ1) is 18.9. The van der Waals surface area contributed by atoms with Crippen LogP contribution in [-0.4, -0.2) is 29.0 Å². The van der Waals surface area contributed by atoms with E-state index in [9.17, 15) is 0 Å². The Labute approximate surface area is 161 Å². The largest absolute Gasteiger partial charge is 0.0878 e. The van der Waals surface area contributed by atoms with Gasteiger partial charge in [-0.3, -0.25) is 0 Å². The molecule has 0 saturated heterocycles. The molecule has 0 aromatic carbocycles. The van der Waals surface area contributed by atoms with Crippen molar-refractivity contribution >= 4 is 95.6 Å². The highest BCUT2D eigenvalue weighted by atomic mass is 79.9. The van der Waals surface area contributed by atoms with Crippen molar-refractivity contribution in [3.63, 3.8) is 0 Å². The summed E-state index contributed by atoms with van der Waals surface area (Å²) in [4.78, 5) is 2.70. The number of hydrogen-bond acceptors (Lipinski definition) is 0. The Bertz CT molecular complexity index is 213. The number of halogens is 6. The van der Waals surface area contributed by atoms with Crippen LogP contribution >= 0.6 is 95.6 Å². The molecule has 0 unspecified atom stereocenters. The van der Waals surface area contributed by atoms with Crippen LogP contribution in [0.2, 0.25) is 0 Å². The van der Waals surface area contributed by atoms with E-state index in [0.29, 0.717) is 29.0 Å². The maximum atomic E-state index is 3.84. The minimum absolute atomic E-state index is 0.394. The van der Waals surface area contributed by atoms with E-state index >= 15 is 0 Å². The Morgan fingerprint density at radius 1 is 0.444 bits per heavy atom. The molecule has 0 aromatic heterocycles. The van der Waals surface area contributed by atoms with Crippen molar-refractivity contribution in [1.29, 1.82) is 0 Å². The van der Waals surface area contributed by atoms with E-state index < -0.39 is 0 Å². The lowest BCUT2D eigenvalue weighted by Crippen LogP contribution is -2.39. The average Bonchev–Trinajstić information content (AvgIpc) is 2.37. The van der Waals surface area contributed by atoms with Crippen molar-refractivity contribution in [1.82, 2.24) is 0 Å². The molecule has 0 nitrogen and oxygen atoms in total. The summed E-state index contributed by atoms with van der Waals surface area (Å²) in [5, 5.41) is 0. The van der Waals surface area contributed by atoms with Crippen LogP contribution in [0.1, 0.15) is 38.5 Å². The van der Waals surface area contributed by atoms with Crippen LogP contribution in [0.4, 0.5) is 0 Å². The Morgan fingerprint density at radius 3 is 1.11 bits per heavy atom. The Balaban J connectivity index is 2.71. The third kappa shape index (κ3) is 5.94. The molecule has 108 valence electrons. The first-order chi connectivity index (χ1) is 8.45. The van der Waals surface area contributed by atoms with Crippen molar-refractivity contribution in [2.75, 3.05) is 0 Å². The Kier molecular flexibility index (Phi) is 10.3. The van der Waals surface area contributed by atoms with Gasteiger partial charge in [0.1, 0.15) is 0 Å². The zero-order valence-corrected chi connectivity index (χ0v) is 19.5. The van der Waals surface area contributed by atoms with E-state index in [1.54, 1.807) is 0 Å². The normalized spacial score (nSPS) is 45.0. The van der Waals surface area contributed by atoms with E-state index in [1.165, 1.54) is 38.5 Å². The van der Waals surface area contributed by atoms with Crippen LogP contribution in [0.15, 0.2) is 0 Å². The summed E-state index contributed by atoms with van der Waals surface area (Å²) >= 11 is 23.0. The molecule has 0 bridgehead atoms. The zero-order valence-electron chi connectivity index (χ0n) is 9.97. The van der Waals surface area contributed by atoms with Gasteiger partial charge >= 0.3 is 0 Å². The van der Waals surface area contributed by atoms with Crippen LogP contribution < -0.4 is 0 Å². The van der Waals surface area contributed by atoms with Crippen molar-refractivity contribution in [3.05, 3.63) is 0 Å². The summed E-state index contributed by atoms with van der Waals surface area (Å²) in [6, 6.07) is 0. The summed E-state index contributed by atoms with van der Waals surface area (Å²) < 4.78 is 0. The van der Waals surface area contributed by atoms with Crippen LogP contribution in [0.3, 0.4) is 0 Å². The second-order valence-corrected chi connectivity index (χ2v) is 11.4. The fourth-order valence-corrected chi connectivity index (χ4v) is 7.63. The summed E-state index contributed by atoms with van der Waals surface area (Å²) in [6.45, 7) is 0. The van der Waals surface area contributed by atoms with Gasteiger partial charge < -0.3 is 0 Å². The minimum atomic E-state index is 0.394. The fourth-order valence-electron chi connectivity index (χ4n) is 2.10. The van der Waals surface area contributed by atoms with E-state index in [2.05, 4.69) is 95.6 Å². The van der Waals surface area contributed by atoms with Gasteiger partial charge in [0.25, 0.3) is 0 Å². The van der Waals surface area contributed by atoms with Gasteiger partial charge in [-0.15, -0.1) is 0 Å². The van der Waals surface area contributed by atoms with E-state index in [-0.39, 0.29) is 0 Å². The molecule has 1 aliphatic carbocycles. The average molecular weight is 642 g/mol. The van der Waals surface area contributed by atoms with Crippen molar-refractivity contribution in [2.45, 2.75) is 67.5 Å². The van der Waals surface area contributed by atoms with E-state index in [0.717, 1.165) is 0 Å². The van der Waals surface area contributed by atoms with Crippen molar-refractivity contribution in [3.8, 4) is 0 Å². The van der Waals surface area contributed by atoms with Crippen molar-refractivity contribution < 1.29 is 0 Å². The molecule has 1 rings (SSSR count). The van der Waals surface area contributed by atoms with Gasteiger partial charge in [-0.25, -0.2) is 0 Å². The zero-order chi connectivity index (χ0) is 13.7. The third-order valence-corrected chi connectivity index (χ3v) is 13.6. The monoisotopic (exact) mass is 636 g/mol. The van der Waals surface area contributed by atoms with Crippen LogP contribution in [-0.2, 0) is 0 Å². The molecule has 6 heteroatoms. The second-order valence-electron chi connectivity index (χ2n) is 4.80. The predicted molar refractivity (Wildman–Crippen MR) is 104 cm³/mol. The Morgan fingerprint density at radius 2 is 0.778 bits per heavy atom. The van der Waals surface area contributed by atoms with Crippen molar-refractivity contribution in [2.24, 2.45) is 0 Å². The van der Waals surface area contributed by atoms with E-state index in [1.807, 2.05) is 0 Å². The molecule has 0 spiro atoms. The van der Waals surface area contributed by atoms with Crippen LogP contribution in [0, 0.1) is 0 Å². The van der Waals surface area contributed by atoms with Gasteiger partial charge in [0.15, 0.2) is 0 Å². The molecule has 6 atom stereocenters. The molecule has 1 aliphatic rings. The molecular formula is C12H18Br6. The second kappa shape index (κ2) is 9.81. The summed E-state index contributed by atoms with van der Waals surface area (Å²) in [5.41, 5.74) is 0. The highest BCUT2D eigenvalue weighted by Crippen LogP contribution is 2.37. The van der Waals surface area contributed by atoms with Gasteiger partial charge in [-0.1, -0.05) is 121 Å². The fraction of sp³-hybridized carbons (Fsp3) is 1.00. The molecule has 0 aliphatic heterocycles. The molecule has 1 fully saturated rings. The van der Waals surface area contributed by atoms with Gasteiger partial charge in [0.2, 0.25) is 0 Å². The van der Waals surface area contributed by atoms with Gasteiger partial charge in [-0.2, -0.15) is 0 Å². The molecule has 0 N–H and O–H groups in total. The lowest BCUT2D eigenvalue weighted by molar-refractivity contribution is 0.549. The lowest BCUT2D eigenvalue weighted by atomic mass is 10.0. The highest BCUT2D eigenvalue weighted by Gasteiger charge is 2.35. The topological polar surface area (TPSA) is 0 Å².